The molecule has 1 unspecified atom stereocenters. The Bertz CT molecular complexity index is 952. The molecule has 3 aromatic rings. The lowest BCUT2D eigenvalue weighted by molar-refractivity contribution is -0.121. The van der Waals surface area contributed by atoms with Crippen molar-refractivity contribution in [2.45, 2.75) is 18.9 Å². The predicted octanol–water partition coefficient (Wildman–Crippen LogP) is 2.93. The van der Waals surface area contributed by atoms with Crippen molar-refractivity contribution in [1.29, 1.82) is 0 Å². The standard InChI is InChI=1S/C22H26N4O4S/c1-28-18-4-2-16(3-5-18)19(26-9-11-29-12-10-26)14-23-20(27)6-7-21-24-25-22(30-21)17-8-13-31-15-17/h2-5,8,13,15,19H,6-7,9-12,14H2,1H3,(H,23,27). The van der Waals surface area contributed by atoms with Gasteiger partial charge in [-0.3, -0.25) is 9.69 Å². The lowest BCUT2D eigenvalue weighted by Crippen LogP contribution is -2.43. The molecule has 1 aromatic carbocycles. The summed E-state index contributed by atoms with van der Waals surface area (Å²) in [6.07, 6.45) is 0.706. The van der Waals surface area contributed by atoms with E-state index in [1.165, 1.54) is 0 Å². The van der Waals surface area contributed by atoms with E-state index in [9.17, 15) is 4.79 Å². The van der Waals surface area contributed by atoms with Crippen LogP contribution in [0.4, 0.5) is 0 Å². The van der Waals surface area contributed by atoms with Crippen LogP contribution in [0.25, 0.3) is 11.5 Å². The van der Waals surface area contributed by atoms with Gasteiger partial charge in [0.05, 0.1) is 26.4 Å². The first-order chi connectivity index (χ1) is 15.2. The normalized spacial score (nSPS) is 15.5. The fraction of sp³-hybridized carbons (Fsp3) is 0.409. The van der Waals surface area contributed by atoms with Gasteiger partial charge in [-0.2, -0.15) is 11.3 Å². The molecule has 9 heteroatoms. The van der Waals surface area contributed by atoms with Crippen LogP contribution >= 0.6 is 11.3 Å². The highest BCUT2D eigenvalue weighted by Crippen LogP contribution is 2.24. The van der Waals surface area contributed by atoms with Crippen molar-refractivity contribution in [2.24, 2.45) is 0 Å². The molecule has 4 rings (SSSR count). The first kappa shape index (κ1) is 21.5. The quantitative estimate of drug-likeness (QED) is 0.545. The first-order valence-electron chi connectivity index (χ1n) is 10.3. The van der Waals surface area contributed by atoms with E-state index in [-0.39, 0.29) is 11.9 Å². The molecule has 0 spiro atoms. The third-order valence-corrected chi connectivity index (χ3v) is 5.96. The van der Waals surface area contributed by atoms with Crippen molar-refractivity contribution in [3.63, 3.8) is 0 Å². The smallest absolute Gasteiger partial charge is 0.248 e. The Labute approximate surface area is 185 Å². The first-order valence-corrected chi connectivity index (χ1v) is 11.2. The molecule has 31 heavy (non-hydrogen) atoms. The Kier molecular flexibility index (Phi) is 7.29. The SMILES string of the molecule is COc1ccc(C(CNC(=O)CCc2nnc(-c3ccsc3)o2)N2CCOCC2)cc1. The van der Waals surface area contributed by atoms with E-state index in [0.717, 1.165) is 30.0 Å². The summed E-state index contributed by atoms with van der Waals surface area (Å²) >= 11 is 1.57. The zero-order chi connectivity index (χ0) is 21.5. The van der Waals surface area contributed by atoms with Crippen molar-refractivity contribution in [3.05, 3.63) is 52.5 Å². The molecule has 1 aliphatic rings. The monoisotopic (exact) mass is 442 g/mol. The molecule has 0 aliphatic carbocycles. The van der Waals surface area contributed by atoms with E-state index < -0.39 is 0 Å². The molecule has 3 heterocycles. The van der Waals surface area contributed by atoms with Crippen LogP contribution in [-0.2, 0) is 16.0 Å². The second-order valence-corrected chi connectivity index (χ2v) is 8.03. The maximum atomic E-state index is 12.5. The minimum Gasteiger partial charge on any atom is -0.497 e. The highest BCUT2D eigenvalue weighted by Gasteiger charge is 2.23. The zero-order valence-corrected chi connectivity index (χ0v) is 18.3. The molecule has 1 N–H and O–H groups in total. The zero-order valence-electron chi connectivity index (χ0n) is 17.5. The number of morpholine rings is 1. The number of amides is 1. The summed E-state index contributed by atoms with van der Waals surface area (Å²) < 4.78 is 16.4. The van der Waals surface area contributed by atoms with Crippen LogP contribution in [0.5, 0.6) is 5.75 Å². The summed E-state index contributed by atoms with van der Waals surface area (Å²) in [6, 6.07) is 10.0. The van der Waals surface area contributed by atoms with Crippen molar-refractivity contribution in [3.8, 4) is 17.2 Å². The van der Waals surface area contributed by atoms with E-state index in [0.29, 0.717) is 44.4 Å². The van der Waals surface area contributed by atoms with Crippen LogP contribution in [-0.4, -0.2) is 61.0 Å². The number of aryl methyl sites for hydroxylation is 1. The fourth-order valence-electron chi connectivity index (χ4n) is 3.55. The van der Waals surface area contributed by atoms with Gasteiger partial charge in [0.2, 0.25) is 17.7 Å². The average molecular weight is 443 g/mol. The van der Waals surface area contributed by atoms with E-state index in [4.69, 9.17) is 13.9 Å². The fourth-order valence-corrected chi connectivity index (χ4v) is 4.18. The molecule has 0 radical (unpaired) electrons. The molecule has 1 saturated heterocycles. The average Bonchev–Trinajstić information content (AvgIpc) is 3.51. The van der Waals surface area contributed by atoms with Gasteiger partial charge < -0.3 is 19.2 Å². The number of nitrogens with one attached hydrogen (secondary N) is 1. The maximum Gasteiger partial charge on any atom is 0.248 e. The molecule has 8 nitrogen and oxygen atoms in total. The van der Waals surface area contributed by atoms with Crippen molar-refractivity contribution >= 4 is 17.2 Å². The predicted molar refractivity (Wildman–Crippen MR) is 117 cm³/mol. The summed E-state index contributed by atoms with van der Waals surface area (Å²) in [5.41, 5.74) is 2.04. The minimum atomic E-state index is -0.0398. The van der Waals surface area contributed by atoms with Gasteiger partial charge in [0.1, 0.15) is 5.75 Å². The summed E-state index contributed by atoms with van der Waals surface area (Å²) in [4.78, 5) is 14.9. The Balaban J connectivity index is 1.33. The summed E-state index contributed by atoms with van der Waals surface area (Å²) in [5, 5.41) is 15.1. The third-order valence-electron chi connectivity index (χ3n) is 5.28. The summed E-state index contributed by atoms with van der Waals surface area (Å²) in [5.74, 6) is 1.73. The van der Waals surface area contributed by atoms with Gasteiger partial charge in [0, 0.05) is 43.4 Å². The van der Waals surface area contributed by atoms with Gasteiger partial charge in [0.25, 0.3) is 0 Å². The summed E-state index contributed by atoms with van der Waals surface area (Å²) in [6.45, 7) is 3.59. The highest BCUT2D eigenvalue weighted by molar-refractivity contribution is 7.08. The lowest BCUT2D eigenvalue weighted by Gasteiger charge is -2.35. The largest absolute Gasteiger partial charge is 0.497 e. The summed E-state index contributed by atoms with van der Waals surface area (Å²) in [7, 11) is 1.65. The molecule has 1 atom stereocenters. The number of aromatic nitrogens is 2. The van der Waals surface area contributed by atoms with Crippen molar-refractivity contribution in [1.82, 2.24) is 20.4 Å². The number of carbonyl (C=O) groups excluding carboxylic acids is 1. The van der Waals surface area contributed by atoms with Crippen LogP contribution in [0.3, 0.4) is 0 Å². The van der Waals surface area contributed by atoms with E-state index in [1.807, 2.05) is 29.0 Å². The van der Waals surface area contributed by atoms with Crippen LogP contribution in [0.15, 0.2) is 45.5 Å². The van der Waals surface area contributed by atoms with Gasteiger partial charge in [-0.15, -0.1) is 10.2 Å². The number of hydrogen-bond acceptors (Lipinski definition) is 8. The topological polar surface area (TPSA) is 89.7 Å². The van der Waals surface area contributed by atoms with Gasteiger partial charge >= 0.3 is 0 Å². The number of thiophene rings is 1. The molecule has 1 amide bonds. The molecule has 1 fully saturated rings. The highest BCUT2D eigenvalue weighted by atomic mass is 32.1. The number of carbonyl (C=O) groups is 1. The van der Waals surface area contributed by atoms with E-state index in [1.54, 1.807) is 18.4 Å². The van der Waals surface area contributed by atoms with Gasteiger partial charge in [0.15, 0.2) is 0 Å². The molecular weight excluding hydrogens is 416 g/mol. The number of ether oxygens (including phenoxy) is 2. The van der Waals surface area contributed by atoms with Gasteiger partial charge in [-0.25, -0.2) is 0 Å². The van der Waals surface area contributed by atoms with Gasteiger partial charge in [-0.1, -0.05) is 12.1 Å². The van der Waals surface area contributed by atoms with Crippen LogP contribution in [0, 0.1) is 0 Å². The van der Waals surface area contributed by atoms with Crippen molar-refractivity contribution < 1.29 is 18.7 Å². The maximum absolute atomic E-state index is 12.5. The van der Waals surface area contributed by atoms with Crippen LogP contribution in [0.1, 0.15) is 23.9 Å². The second-order valence-electron chi connectivity index (χ2n) is 7.25. The second kappa shape index (κ2) is 10.5. The molecule has 0 saturated carbocycles. The Morgan fingerprint density at radius 2 is 2.03 bits per heavy atom. The van der Waals surface area contributed by atoms with Crippen LogP contribution < -0.4 is 10.1 Å². The molecule has 164 valence electrons. The minimum absolute atomic E-state index is 0.0398. The number of nitrogens with zero attached hydrogens (tertiary/aromatic N) is 3. The number of methoxy groups -OCH3 is 1. The van der Waals surface area contributed by atoms with Crippen LogP contribution in [0.2, 0.25) is 0 Å². The Morgan fingerprint density at radius 1 is 1.23 bits per heavy atom. The Morgan fingerprint density at radius 3 is 2.74 bits per heavy atom. The number of benzene rings is 1. The molecule has 2 aromatic heterocycles. The number of hydrogen-bond donors (Lipinski definition) is 1. The molecule has 0 bridgehead atoms. The van der Waals surface area contributed by atoms with E-state index >= 15 is 0 Å². The third kappa shape index (κ3) is 5.69. The lowest BCUT2D eigenvalue weighted by atomic mass is 10.0. The van der Waals surface area contributed by atoms with Gasteiger partial charge in [-0.05, 0) is 29.1 Å². The number of rotatable bonds is 9. The Hall–Kier alpha value is -2.75. The molecular formula is C22H26N4O4S. The van der Waals surface area contributed by atoms with Crippen molar-refractivity contribution in [2.75, 3.05) is 40.0 Å². The van der Waals surface area contributed by atoms with E-state index in [2.05, 4.69) is 32.5 Å². The molecule has 1 aliphatic heterocycles.